The number of likely N-dealkylation sites (tertiary alicyclic amines) is 1. The minimum Gasteiger partial charge on any atom is -0.493 e. The molecule has 0 aliphatic carbocycles. The van der Waals surface area contributed by atoms with Gasteiger partial charge in [0.25, 0.3) is 0 Å². The third-order valence-electron chi connectivity index (χ3n) is 6.13. The zero-order chi connectivity index (χ0) is 23.6. The number of hydrogen-bond acceptors (Lipinski definition) is 6. The standard InChI is InChI=1S/C26H30FN3O3/c1-17-6-5-10-26(2,3)30(17)12-13-32-25-16-22-19(15-24(25)31-4)23(9-11-29-22)33-18-7-8-21(28)20(27)14-18/h7-9,11,14-16H,1,5-6,10,12-13,28H2,2-4H3. The molecule has 174 valence electrons. The Balaban J connectivity index is 1.55. The van der Waals surface area contributed by atoms with E-state index in [2.05, 4.69) is 30.3 Å². The zero-order valence-corrected chi connectivity index (χ0v) is 19.4. The second-order valence-electron chi connectivity index (χ2n) is 8.85. The van der Waals surface area contributed by atoms with Crippen molar-refractivity contribution in [2.75, 3.05) is 26.0 Å². The Kier molecular flexibility index (Phi) is 6.31. The number of aromatic nitrogens is 1. The van der Waals surface area contributed by atoms with E-state index in [-0.39, 0.29) is 11.2 Å². The van der Waals surface area contributed by atoms with E-state index in [1.54, 1.807) is 25.4 Å². The Bertz CT molecular complexity index is 1180. The summed E-state index contributed by atoms with van der Waals surface area (Å²) in [7, 11) is 1.59. The van der Waals surface area contributed by atoms with Gasteiger partial charge in [0.05, 0.1) is 24.9 Å². The first-order valence-corrected chi connectivity index (χ1v) is 11.1. The monoisotopic (exact) mass is 451 g/mol. The second kappa shape index (κ2) is 9.17. The number of fused-ring (bicyclic) bond motifs is 1. The summed E-state index contributed by atoms with van der Waals surface area (Å²) < 4.78 is 31.4. The van der Waals surface area contributed by atoms with Gasteiger partial charge in [0.15, 0.2) is 11.5 Å². The first kappa shape index (κ1) is 22.7. The van der Waals surface area contributed by atoms with Gasteiger partial charge in [0, 0.05) is 35.0 Å². The van der Waals surface area contributed by atoms with Crippen LogP contribution < -0.4 is 19.9 Å². The highest BCUT2D eigenvalue weighted by Gasteiger charge is 2.30. The smallest absolute Gasteiger partial charge is 0.163 e. The van der Waals surface area contributed by atoms with Gasteiger partial charge in [-0.2, -0.15) is 0 Å². The average Bonchev–Trinajstić information content (AvgIpc) is 2.77. The van der Waals surface area contributed by atoms with Crippen LogP contribution in [-0.2, 0) is 0 Å². The SMILES string of the molecule is C=C1CCCC(C)(C)N1CCOc1cc2nccc(Oc3ccc(N)c(F)c3)c2cc1OC. The van der Waals surface area contributed by atoms with E-state index in [1.165, 1.54) is 18.6 Å². The van der Waals surface area contributed by atoms with Crippen LogP contribution in [0.25, 0.3) is 10.9 Å². The Morgan fingerprint density at radius 3 is 2.70 bits per heavy atom. The Labute approximate surface area is 193 Å². The van der Waals surface area contributed by atoms with Gasteiger partial charge in [0.2, 0.25) is 0 Å². The number of piperidine rings is 1. The summed E-state index contributed by atoms with van der Waals surface area (Å²) in [6.45, 7) is 9.96. The van der Waals surface area contributed by atoms with E-state index in [1.807, 2.05) is 12.1 Å². The molecule has 0 saturated carbocycles. The normalized spacial score (nSPS) is 15.5. The molecule has 0 amide bonds. The van der Waals surface area contributed by atoms with Crippen molar-refractivity contribution in [3.63, 3.8) is 0 Å². The molecule has 1 fully saturated rings. The fraction of sp³-hybridized carbons (Fsp3) is 0.346. The molecule has 1 saturated heterocycles. The van der Waals surface area contributed by atoms with Gasteiger partial charge >= 0.3 is 0 Å². The number of nitrogens with two attached hydrogens (primary N) is 1. The summed E-state index contributed by atoms with van der Waals surface area (Å²) in [5.74, 6) is 1.52. The van der Waals surface area contributed by atoms with E-state index in [0.29, 0.717) is 35.1 Å². The highest BCUT2D eigenvalue weighted by atomic mass is 19.1. The summed E-state index contributed by atoms with van der Waals surface area (Å²) in [5, 5.41) is 0.726. The highest BCUT2D eigenvalue weighted by Crippen LogP contribution is 2.38. The molecule has 2 N–H and O–H groups in total. The molecule has 0 radical (unpaired) electrons. The van der Waals surface area contributed by atoms with Crippen molar-refractivity contribution in [2.24, 2.45) is 0 Å². The molecule has 33 heavy (non-hydrogen) atoms. The number of rotatable bonds is 7. The fourth-order valence-electron chi connectivity index (χ4n) is 4.32. The molecule has 3 aromatic rings. The number of methoxy groups -OCH3 is 1. The van der Waals surface area contributed by atoms with Gasteiger partial charge in [-0.15, -0.1) is 0 Å². The molecule has 2 heterocycles. The van der Waals surface area contributed by atoms with Crippen molar-refractivity contribution in [3.05, 3.63) is 60.7 Å². The van der Waals surface area contributed by atoms with Crippen molar-refractivity contribution in [3.8, 4) is 23.0 Å². The molecule has 0 bridgehead atoms. The van der Waals surface area contributed by atoms with Crippen LogP contribution in [0.4, 0.5) is 10.1 Å². The number of hydrogen-bond donors (Lipinski definition) is 1. The van der Waals surface area contributed by atoms with E-state index >= 15 is 0 Å². The summed E-state index contributed by atoms with van der Waals surface area (Å²) in [6.07, 6.45) is 4.96. The topological polar surface area (TPSA) is 69.8 Å². The summed E-state index contributed by atoms with van der Waals surface area (Å²) in [6, 6.07) is 9.73. The number of nitrogen functional groups attached to an aromatic ring is 1. The number of ether oxygens (including phenoxy) is 3. The van der Waals surface area contributed by atoms with Crippen LogP contribution in [0.2, 0.25) is 0 Å². The third-order valence-corrected chi connectivity index (χ3v) is 6.13. The molecule has 1 aromatic heterocycles. The van der Waals surface area contributed by atoms with Crippen molar-refractivity contribution in [2.45, 2.75) is 38.6 Å². The van der Waals surface area contributed by atoms with Gasteiger partial charge in [-0.25, -0.2) is 4.39 Å². The quantitative estimate of drug-likeness (QED) is 0.450. The summed E-state index contributed by atoms with van der Waals surface area (Å²) in [4.78, 5) is 6.78. The largest absolute Gasteiger partial charge is 0.493 e. The fourth-order valence-corrected chi connectivity index (χ4v) is 4.32. The van der Waals surface area contributed by atoms with Gasteiger partial charge < -0.3 is 24.8 Å². The number of anilines is 1. The molecule has 1 aliphatic heterocycles. The lowest BCUT2D eigenvalue weighted by atomic mass is 9.89. The molecule has 4 rings (SSSR count). The Morgan fingerprint density at radius 1 is 1.15 bits per heavy atom. The van der Waals surface area contributed by atoms with Gasteiger partial charge in [-0.1, -0.05) is 6.58 Å². The molecule has 0 atom stereocenters. The van der Waals surface area contributed by atoms with Crippen LogP contribution in [0.5, 0.6) is 23.0 Å². The molecule has 0 unspecified atom stereocenters. The minimum atomic E-state index is -0.529. The van der Waals surface area contributed by atoms with Crippen molar-refractivity contribution in [1.29, 1.82) is 0 Å². The van der Waals surface area contributed by atoms with Crippen LogP contribution in [-0.4, -0.2) is 35.7 Å². The lowest BCUT2D eigenvalue weighted by molar-refractivity contribution is 0.101. The van der Waals surface area contributed by atoms with Gasteiger partial charge in [0.1, 0.15) is 23.9 Å². The maximum atomic E-state index is 13.8. The third kappa shape index (κ3) is 4.82. The number of halogens is 1. The Morgan fingerprint density at radius 2 is 1.97 bits per heavy atom. The predicted octanol–water partition coefficient (Wildman–Crippen LogP) is 5.91. The number of allylic oxidation sites excluding steroid dienone is 1. The van der Waals surface area contributed by atoms with Gasteiger partial charge in [-0.05, 0) is 57.4 Å². The summed E-state index contributed by atoms with van der Waals surface area (Å²) in [5.41, 5.74) is 7.54. The van der Waals surface area contributed by atoms with Gasteiger partial charge in [-0.3, -0.25) is 4.98 Å². The maximum Gasteiger partial charge on any atom is 0.163 e. The molecule has 2 aromatic carbocycles. The van der Waals surface area contributed by atoms with E-state index in [4.69, 9.17) is 19.9 Å². The lowest BCUT2D eigenvalue weighted by Gasteiger charge is -2.45. The second-order valence-corrected chi connectivity index (χ2v) is 8.85. The number of benzene rings is 2. The van der Waals surface area contributed by atoms with Crippen LogP contribution >= 0.6 is 0 Å². The van der Waals surface area contributed by atoms with Crippen molar-refractivity contribution in [1.82, 2.24) is 9.88 Å². The van der Waals surface area contributed by atoms with Crippen molar-refractivity contribution < 1.29 is 18.6 Å². The molecular formula is C26H30FN3O3. The zero-order valence-electron chi connectivity index (χ0n) is 19.4. The predicted molar refractivity (Wildman–Crippen MR) is 128 cm³/mol. The lowest BCUT2D eigenvalue weighted by Crippen LogP contribution is -2.47. The maximum absolute atomic E-state index is 13.8. The van der Waals surface area contributed by atoms with Crippen LogP contribution in [0.1, 0.15) is 33.1 Å². The van der Waals surface area contributed by atoms with Crippen molar-refractivity contribution >= 4 is 16.6 Å². The molecule has 6 nitrogen and oxygen atoms in total. The number of pyridine rings is 1. The first-order valence-electron chi connectivity index (χ1n) is 11.1. The van der Waals surface area contributed by atoms with E-state index in [0.717, 1.165) is 30.5 Å². The van der Waals surface area contributed by atoms with Crippen LogP contribution in [0.3, 0.4) is 0 Å². The Hall–Kier alpha value is -3.48. The molecule has 0 spiro atoms. The average molecular weight is 452 g/mol. The van der Waals surface area contributed by atoms with Crippen LogP contribution in [0.15, 0.2) is 54.9 Å². The van der Waals surface area contributed by atoms with E-state index in [9.17, 15) is 4.39 Å². The highest BCUT2D eigenvalue weighted by molar-refractivity contribution is 5.88. The first-order chi connectivity index (χ1) is 15.8. The van der Waals surface area contributed by atoms with Crippen LogP contribution in [0, 0.1) is 5.82 Å². The van der Waals surface area contributed by atoms with E-state index < -0.39 is 5.82 Å². The molecule has 1 aliphatic rings. The summed E-state index contributed by atoms with van der Waals surface area (Å²) >= 11 is 0. The number of nitrogens with zero attached hydrogens (tertiary/aromatic N) is 2. The minimum absolute atomic E-state index is 0.0710. The molecule has 7 heteroatoms. The molecular weight excluding hydrogens is 421 g/mol.